The molecule has 1 aliphatic heterocycles. The van der Waals surface area contributed by atoms with Crippen molar-refractivity contribution in [1.29, 1.82) is 5.26 Å². The Kier molecular flexibility index (Phi) is 5.46. The van der Waals surface area contributed by atoms with Crippen molar-refractivity contribution in [1.82, 2.24) is 9.97 Å². The molecule has 0 unspecified atom stereocenters. The van der Waals surface area contributed by atoms with Crippen molar-refractivity contribution >= 4 is 11.5 Å². The first kappa shape index (κ1) is 18.0. The molecular weight excluding hydrogens is 352 g/mol. The number of pyridine rings is 2. The van der Waals surface area contributed by atoms with Gasteiger partial charge in [0.2, 0.25) is 5.88 Å². The van der Waals surface area contributed by atoms with Gasteiger partial charge in [0, 0.05) is 36.9 Å². The van der Waals surface area contributed by atoms with Crippen molar-refractivity contribution in [3.05, 3.63) is 72.1 Å². The Balaban J connectivity index is 1.45. The van der Waals surface area contributed by atoms with Gasteiger partial charge in [-0.3, -0.25) is 0 Å². The summed E-state index contributed by atoms with van der Waals surface area (Å²) >= 11 is 0. The molecule has 0 atom stereocenters. The van der Waals surface area contributed by atoms with E-state index in [-0.39, 0.29) is 0 Å². The minimum atomic E-state index is 0.417. The number of nitrogens with one attached hydrogen (secondary N) is 1. The Morgan fingerprint density at radius 2 is 1.86 bits per heavy atom. The van der Waals surface area contributed by atoms with E-state index in [0.717, 1.165) is 43.1 Å². The summed E-state index contributed by atoms with van der Waals surface area (Å²) in [7, 11) is 0. The smallest absolute Gasteiger partial charge is 0.222 e. The summed E-state index contributed by atoms with van der Waals surface area (Å²) in [5.74, 6) is 2.48. The number of hydrogen-bond donors (Lipinski definition) is 1. The molecule has 1 saturated heterocycles. The Bertz CT molecular complexity index is 959. The number of benzene rings is 1. The molecule has 140 valence electrons. The molecule has 0 bridgehead atoms. The van der Waals surface area contributed by atoms with Crippen molar-refractivity contribution in [2.24, 2.45) is 0 Å². The molecule has 3 heterocycles. The zero-order valence-corrected chi connectivity index (χ0v) is 15.3. The van der Waals surface area contributed by atoms with Gasteiger partial charge in [-0.2, -0.15) is 5.26 Å². The van der Waals surface area contributed by atoms with Crippen LogP contribution < -0.4 is 10.1 Å². The molecule has 4 rings (SSSR count). The van der Waals surface area contributed by atoms with Crippen molar-refractivity contribution in [3.63, 3.8) is 0 Å². The standard InChI is InChI=1S/C22H20N4O2/c23-14-16-3-8-21(25-15-16)26-18-4-6-19(7-5-18)28-22-20(2-1-11-24-22)17-9-12-27-13-10-17/h1-8,11,15,17H,9-10,12-13H2,(H,25,26). The third kappa shape index (κ3) is 4.27. The first-order chi connectivity index (χ1) is 13.8. The molecular formula is C22H20N4O2. The largest absolute Gasteiger partial charge is 0.439 e. The maximum absolute atomic E-state index is 8.84. The predicted octanol–water partition coefficient (Wildman–Crippen LogP) is 4.78. The summed E-state index contributed by atoms with van der Waals surface area (Å²) in [4.78, 5) is 8.65. The molecule has 3 aromatic rings. The summed E-state index contributed by atoms with van der Waals surface area (Å²) in [6.07, 6.45) is 5.27. The molecule has 1 aliphatic rings. The number of ether oxygens (including phenoxy) is 2. The van der Waals surface area contributed by atoms with Gasteiger partial charge in [-0.25, -0.2) is 9.97 Å². The highest BCUT2D eigenvalue weighted by Crippen LogP contribution is 2.34. The van der Waals surface area contributed by atoms with Crippen LogP contribution in [-0.4, -0.2) is 23.2 Å². The highest BCUT2D eigenvalue weighted by Gasteiger charge is 2.20. The maximum Gasteiger partial charge on any atom is 0.222 e. The van der Waals surface area contributed by atoms with Gasteiger partial charge >= 0.3 is 0 Å². The highest BCUT2D eigenvalue weighted by molar-refractivity contribution is 5.57. The molecule has 28 heavy (non-hydrogen) atoms. The maximum atomic E-state index is 8.84. The minimum absolute atomic E-state index is 0.417. The fraction of sp³-hybridized carbons (Fsp3) is 0.227. The number of nitrogens with zero attached hydrogens (tertiary/aromatic N) is 3. The van der Waals surface area contributed by atoms with Gasteiger partial charge in [0.1, 0.15) is 17.6 Å². The molecule has 0 saturated carbocycles. The van der Waals surface area contributed by atoms with Crippen LogP contribution in [0.2, 0.25) is 0 Å². The number of rotatable bonds is 5. The number of anilines is 2. The van der Waals surface area contributed by atoms with Crippen molar-refractivity contribution in [3.8, 4) is 17.7 Å². The second kappa shape index (κ2) is 8.51. The van der Waals surface area contributed by atoms with Crippen LogP contribution in [-0.2, 0) is 4.74 Å². The summed E-state index contributed by atoms with van der Waals surface area (Å²) < 4.78 is 11.5. The molecule has 1 aromatic carbocycles. The van der Waals surface area contributed by atoms with E-state index in [0.29, 0.717) is 23.2 Å². The van der Waals surface area contributed by atoms with Crippen molar-refractivity contribution in [2.75, 3.05) is 18.5 Å². The van der Waals surface area contributed by atoms with Crippen LogP contribution in [0.1, 0.15) is 29.9 Å². The summed E-state index contributed by atoms with van der Waals surface area (Å²) in [6, 6.07) is 17.2. The van der Waals surface area contributed by atoms with E-state index < -0.39 is 0 Å². The van der Waals surface area contributed by atoms with E-state index in [4.69, 9.17) is 14.7 Å². The molecule has 0 radical (unpaired) electrons. The first-order valence-electron chi connectivity index (χ1n) is 9.25. The molecule has 1 fully saturated rings. The van der Waals surface area contributed by atoms with E-state index in [9.17, 15) is 0 Å². The van der Waals surface area contributed by atoms with Crippen LogP contribution in [0.3, 0.4) is 0 Å². The monoisotopic (exact) mass is 372 g/mol. The third-order valence-electron chi connectivity index (χ3n) is 4.70. The van der Waals surface area contributed by atoms with Gasteiger partial charge < -0.3 is 14.8 Å². The Hall–Kier alpha value is -3.43. The predicted molar refractivity (Wildman–Crippen MR) is 106 cm³/mol. The van der Waals surface area contributed by atoms with E-state index >= 15 is 0 Å². The molecule has 6 heteroatoms. The highest BCUT2D eigenvalue weighted by atomic mass is 16.5. The summed E-state index contributed by atoms with van der Waals surface area (Å²) in [6.45, 7) is 1.56. The molecule has 2 aromatic heterocycles. The van der Waals surface area contributed by atoms with Crippen LogP contribution in [0, 0.1) is 11.3 Å². The van der Waals surface area contributed by atoms with Crippen LogP contribution >= 0.6 is 0 Å². The van der Waals surface area contributed by atoms with Gasteiger partial charge in [0.25, 0.3) is 0 Å². The average molecular weight is 372 g/mol. The van der Waals surface area contributed by atoms with E-state index in [1.54, 1.807) is 24.5 Å². The lowest BCUT2D eigenvalue weighted by atomic mass is 9.92. The zero-order chi connectivity index (χ0) is 19.2. The molecule has 0 spiro atoms. The average Bonchev–Trinajstić information content (AvgIpc) is 2.77. The normalized spacial score (nSPS) is 14.2. The van der Waals surface area contributed by atoms with E-state index in [1.165, 1.54) is 0 Å². The molecule has 0 aliphatic carbocycles. The molecule has 0 amide bonds. The van der Waals surface area contributed by atoms with Crippen molar-refractivity contribution < 1.29 is 9.47 Å². The quantitative estimate of drug-likeness (QED) is 0.694. The molecule has 6 nitrogen and oxygen atoms in total. The van der Waals surface area contributed by atoms with E-state index in [2.05, 4.69) is 27.4 Å². The second-order valence-corrected chi connectivity index (χ2v) is 6.58. The lowest BCUT2D eigenvalue weighted by molar-refractivity contribution is 0.0848. The van der Waals surface area contributed by atoms with Crippen LogP contribution in [0.5, 0.6) is 11.6 Å². The second-order valence-electron chi connectivity index (χ2n) is 6.58. The fourth-order valence-corrected chi connectivity index (χ4v) is 3.21. The van der Waals surface area contributed by atoms with Crippen LogP contribution in [0.25, 0.3) is 0 Å². The molecule has 1 N–H and O–H groups in total. The lowest BCUT2D eigenvalue weighted by Gasteiger charge is -2.23. The van der Waals surface area contributed by atoms with Gasteiger partial charge in [0.15, 0.2) is 0 Å². The topological polar surface area (TPSA) is 80.1 Å². The van der Waals surface area contributed by atoms with Crippen LogP contribution in [0.4, 0.5) is 11.5 Å². The van der Waals surface area contributed by atoms with Gasteiger partial charge in [0.05, 0.1) is 5.56 Å². The third-order valence-corrected chi connectivity index (χ3v) is 4.70. The van der Waals surface area contributed by atoms with Gasteiger partial charge in [-0.1, -0.05) is 6.07 Å². The number of nitriles is 1. The van der Waals surface area contributed by atoms with Gasteiger partial charge in [-0.05, 0) is 61.2 Å². The Labute approximate surface area is 163 Å². The zero-order valence-electron chi connectivity index (χ0n) is 15.3. The summed E-state index contributed by atoms with van der Waals surface area (Å²) in [5, 5.41) is 12.0. The van der Waals surface area contributed by atoms with Gasteiger partial charge in [-0.15, -0.1) is 0 Å². The van der Waals surface area contributed by atoms with E-state index in [1.807, 2.05) is 30.3 Å². The fourth-order valence-electron chi connectivity index (χ4n) is 3.21. The van der Waals surface area contributed by atoms with Crippen LogP contribution in [0.15, 0.2) is 60.9 Å². The summed E-state index contributed by atoms with van der Waals surface area (Å²) in [5.41, 5.74) is 2.55. The van der Waals surface area contributed by atoms with Crippen molar-refractivity contribution in [2.45, 2.75) is 18.8 Å². The Morgan fingerprint density at radius 3 is 2.57 bits per heavy atom. The first-order valence-corrected chi connectivity index (χ1v) is 9.25. The number of aromatic nitrogens is 2. The number of hydrogen-bond acceptors (Lipinski definition) is 6. The SMILES string of the molecule is N#Cc1ccc(Nc2ccc(Oc3ncccc3C3CCOCC3)cc2)nc1. The lowest BCUT2D eigenvalue weighted by Crippen LogP contribution is -2.15. The Morgan fingerprint density at radius 1 is 1.04 bits per heavy atom. The minimum Gasteiger partial charge on any atom is -0.439 e.